The first kappa shape index (κ1) is 57.6. The van der Waals surface area contributed by atoms with E-state index in [1.165, 1.54) is 0 Å². The Morgan fingerprint density at radius 2 is 0.475 bits per heavy atom. The lowest BCUT2D eigenvalue weighted by atomic mass is 9.80. The maximum Gasteiger partial charge on any atom is 0.460 e. The van der Waals surface area contributed by atoms with Gasteiger partial charge in [-0.1, -0.05) is 6.58 Å². The Morgan fingerprint density at radius 3 is 0.656 bits per heavy atom. The number of esters is 1. The summed E-state index contributed by atoms with van der Waals surface area (Å²) in [7, 11) is 0. The second-order valence-corrected chi connectivity index (χ2v) is 11.4. The molecule has 1 unspecified atom stereocenters. The van der Waals surface area contributed by atoms with E-state index < -0.39 is 126 Å². The smallest absolute Gasteiger partial charge is 0.413 e. The third-order valence-electron chi connectivity index (χ3n) is 7.30. The number of hydrogen-bond donors (Lipinski definition) is 0. The molecule has 0 aromatic rings. The van der Waals surface area contributed by atoms with Crippen molar-refractivity contribution in [3.05, 3.63) is 12.2 Å². The summed E-state index contributed by atoms with van der Waals surface area (Å²) in [4.78, 5) is 11.4. The summed E-state index contributed by atoms with van der Waals surface area (Å²) < 4.78 is 508. The summed E-state index contributed by atoms with van der Waals surface area (Å²) in [5.41, 5.74) is -12.0. The molecule has 0 rings (SSSR count). The SMILES string of the molecule is C=C(C)C(=O)OC(F)(C(F)(F)C(F)(F)C(F)(F)C(F)(F)C(F)(F)C(F)(F)C(F)(F)C(F)(F)C(F)(F)C(F)(F)C(F)(F)F)C(F)(F)C(F)(F)C(F)(F)C(F)(C(F)(F)F)C(F)(F)F. The molecule has 0 bridgehead atoms. The van der Waals surface area contributed by atoms with Crippen LogP contribution in [0.25, 0.3) is 0 Å². The fourth-order valence-corrected chi connectivity index (χ4v) is 3.63. The Labute approximate surface area is 305 Å². The number of halogens is 37. The Balaban J connectivity index is 8.53. The average molecular weight is 1000 g/mol. The first-order valence-electron chi connectivity index (χ1n) is 13.0. The minimum absolute atomic E-state index is 0.487. The van der Waals surface area contributed by atoms with E-state index in [2.05, 4.69) is 0 Å². The van der Waals surface area contributed by atoms with E-state index in [-0.39, 0.29) is 0 Å². The van der Waals surface area contributed by atoms with Crippen molar-refractivity contribution in [3.8, 4) is 0 Å². The highest BCUT2D eigenvalue weighted by molar-refractivity contribution is 5.87. The van der Waals surface area contributed by atoms with Crippen molar-refractivity contribution < 1.29 is 172 Å². The van der Waals surface area contributed by atoms with Gasteiger partial charge in [0.05, 0.1) is 0 Å². The molecule has 0 amide bonds. The van der Waals surface area contributed by atoms with Crippen LogP contribution in [0.3, 0.4) is 0 Å². The number of carbonyl (C=O) groups excluding carboxylic acids is 1. The molecule has 0 aliphatic rings. The molecule has 0 radical (unpaired) electrons. The lowest BCUT2D eigenvalue weighted by molar-refractivity contribution is -0.502. The van der Waals surface area contributed by atoms with Gasteiger partial charge in [-0.05, 0) is 6.92 Å². The third kappa shape index (κ3) is 6.71. The number of alkyl halides is 37. The first-order chi connectivity index (χ1) is 25.6. The molecule has 0 heterocycles. The van der Waals surface area contributed by atoms with Gasteiger partial charge in [0.25, 0.3) is 0 Å². The van der Waals surface area contributed by atoms with Gasteiger partial charge in [0, 0.05) is 5.57 Å². The van der Waals surface area contributed by atoms with Gasteiger partial charge in [0.2, 0.25) is 0 Å². The average Bonchev–Trinajstić information content (AvgIpc) is 3.00. The maximum absolute atomic E-state index is 15.3. The zero-order chi connectivity index (χ0) is 50.9. The normalized spacial score (nSPS) is 17.6. The van der Waals surface area contributed by atoms with Crippen LogP contribution < -0.4 is 0 Å². The molecule has 0 aromatic heterocycles. The minimum atomic E-state index is -10.5. The molecule has 0 saturated heterocycles. The lowest BCUT2D eigenvalue weighted by Crippen LogP contribution is -2.82. The molecule has 1 atom stereocenters. The lowest BCUT2D eigenvalue weighted by Gasteiger charge is -2.48. The van der Waals surface area contributed by atoms with Crippen LogP contribution in [0, 0.1) is 0 Å². The number of carbonyl (C=O) groups is 1. The highest BCUT2D eigenvalue weighted by Gasteiger charge is 3.03. The van der Waals surface area contributed by atoms with Crippen molar-refractivity contribution >= 4 is 5.97 Å². The van der Waals surface area contributed by atoms with Gasteiger partial charge in [0.15, 0.2) is 0 Å². The second kappa shape index (κ2) is 14.1. The fraction of sp³-hybridized carbons (Fsp3) is 0.864. The fourth-order valence-electron chi connectivity index (χ4n) is 3.63. The van der Waals surface area contributed by atoms with Crippen molar-refractivity contribution in [1.82, 2.24) is 0 Å². The van der Waals surface area contributed by atoms with Crippen LogP contribution in [0.15, 0.2) is 12.2 Å². The van der Waals surface area contributed by atoms with E-state index >= 15 is 4.39 Å². The third-order valence-corrected chi connectivity index (χ3v) is 7.30. The summed E-state index contributed by atoms with van der Waals surface area (Å²) >= 11 is 0. The van der Waals surface area contributed by atoms with E-state index in [9.17, 15) is 163 Å². The molecule has 0 aliphatic carbocycles. The largest absolute Gasteiger partial charge is 0.460 e. The van der Waals surface area contributed by atoms with Crippen LogP contribution in [0.5, 0.6) is 0 Å². The Bertz CT molecular complexity index is 1640. The quantitative estimate of drug-likeness (QED) is 0.0875. The summed E-state index contributed by atoms with van der Waals surface area (Å²) in [5.74, 6) is -145. The van der Waals surface area contributed by atoms with Gasteiger partial charge in [-0.25, -0.2) is 9.18 Å². The van der Waals surface area contributed by atoms with Crippen LogP contribution in [0.4, 0.5) is 162 Å². The Hall–Kier alpha value is -3.38. The summed E-state index contributed by atoms with van der Waals surface area (Å²) in [6, 6.07) is 0. The molecular weight excluding hydrogens is 999 g/mol. The van der Waals surface area contributed by atoms with Crippen LogP contribution in [-0.4, -0.2) is 113 Å². The van der Waals surface area contributed by atoms with Crippen molar-refractivity contribution in [3.63, 3.8) is 0 Å². The molecule has 0 aliphatic heterocycles. The van der Waals surface area contributed by atoms with Crippen molar-refractivity contribution in [1.29, 1.82) is 0 Å². The Morgan fingerprint density at radius 1 is 0.295 bits per heavy atom. The zero-order valence-corrected chi connectivity index (χ0v) is 26.5. The summed E-state index contributed by atoms with van der Waals surface area (Å²) in [6.45, 7) is 1.37. The van der Waals surface area contributed by atoms with Crippen molar-refractivity contribution in [2.24, 2.45) is 0 Å². The van der Waals surface area contributed by atoms with E-state index in [4.69, 9.17) is 0 Å². The molecular formula is C22H5F37O2. The number of rotatable bonds is 16. The summed E-state index contributed by atoms with van der Waals surface area (Å²) in [6.07, 6.45) is -26.4. The molecule has 39 heteroatoms. The maximum atomic E-state index is 15.3. The van der Waals surface area contributed by atoms with E-state index in [1.54, 1.807) is 4.74 Å². The van der Waals surface area contributed by atoms with E-state index in [0.29, 0.717) is 0 Å². The highest BCUT2D eigenvalue weighted by atomic mass is 19.5. The highest BCUT2D eigenvalue weighted by Crippen LogP contribution is 2.71. The topological polar surface area (TPSA) is 26.3 Å². The standard InChI is InChI=1S/C22H5F37O2/c1-3(2)4(60)61-19(50,16(44,45)7(26,27)6(24,25)5(23,20(51,52)53)21(54,55)56)17(46,47)14(40,41)12(36,37)10(32,33)8(28,29)9(30,31)11(34,35)13(38,39)15(42,43)18(48,49)22(57,58)59/h1H2,2H3. The predicted molar refractivity (Wildman–Crippen MR) is 111 cm³/mol. The van der Waals surface area contributed by atoms with Gasteiger partial charge in [-0.3, -0.25) is 0 Å². The van der Waals surface area contributed by atoms with Crippen molar-refractivity contribution in [2.75, 3.05) is 0 Å². The van der Waals surface area contributed by atoms with Gasteiger partial charge >= 0.3 is 113 Å². The molecule has 0 N–H and O–H groups in total. The van der Waals surface area contributed by atoms with Gasteiger partial charge in [0.1, 0.15) is 0 Å². The molecule has 2 nitrogen and oxygen atoms in total. The molecule has 0 fully saturated rings. The molecule has 364 valence electrons. The van der Waals surface area contributed by atoms with Gasteiger partial charge in [-0.15, -0.1) is 0 Å². The van der Waals surface area contributed by atoms with Crippen LogP contribution in [0.2, 0.25) is 0 Å². The van der Waals surface area contributed by atoms with Crippen LogP contribution in [-0.2, 0) is 9.53 Å². The molecule has 61 heavy (non-hydrogen) atoms. The van der Waals surface area contributed by atoms with E-state index in [1.807, 2.05) is 6.58 Å². The van der Waals surface area contributed by atoms with Crippen LogP contribution >= 0.6 is 0 Å². The summed E-state index contributed by atoms with van der Waals surface area (Å²) in [5, 5.41) is 0. The van der Waals surface area contributed by atoms with E-state index in [0.717, 1.165) is 0 Å². The molecule has 0 saturated carbocycles. The van der Waals surface area contributed by atoms with Crippen LogP contribution in [0.1, 0.15) is 6.92 Å². The van der Waals surface area contributed by atoms with Gasteiger partial charge < -0.3 is 4.74 Å². The molecule has 0 spiro atoms. The minimum Gasteiger partial charge on any atom is -0.413 e. The Kier molecular flexibility index (Phi) is 13.3. The predicted octanol–water partition coefficient (Wildman–Crippen LogP) is 12.4. The number of ether oxygens (including phenoxy) is 1. The van der Waals surface area contributed by atoms with Gasteiger partial charge in [-0.2, -0.15) is 158 Å². The zero-order valence-electron chi connectivity index (χ0n) is 26.5. The number of hydrogen-bond acceptors (Lipinski definition) is 2. The monoisotopic (exact) mass is 1000 g/mol. The first-order valence-corrected chi connectivity index (χ1v) is 13.0. The second-order valence-electron chi connectivity index (χ2n) is 11.4. The van der Waals surface area contributed by atoms with Crippen molar-refractivity contribution in [2.45, 2.75) is 114 Å². The molecule has 0 aromatic carbocycles.